The second-order valence-electron chi connectivity index (χ2n) is 6.19. The second-order valence-corrected chi connectivity index (χ2v) is 11.0. The number of hydrogen-bond acceptors (Lipinski definition) is 4. The Morgan fingerprint density at radius 1 is 1.21 bits per heavy atom. The zero-order valence-electron chi connectivity index (χ0n) is 12.7. The lowest BCUT2D eigenvalue weighted by Gasteiger charge is -2.36. The Balaban J connectivity index is 2.39. The van der Waals surface area contributed by atoms with E-state index in [9.17, 15) is 0 Å². The third-order valence-corrected chi connectivity index (χ3v) is 8.16. The first-order valence-corrected chi connectivity index (χ1v) is 9.58. The molecule has 5 heteroatoms. The van der Waals surface area contributed by atoms with Crippen molar-refractivity contribution in [1.82, 2.24) is 4.98 Å². The SMILES string of the molecule is CC(C)(C)[Si](C)(C)OCCOc1cncc(CN)c1. The molecule has 0 bridgehead atoms. The highest BCUT2D eigenvalue weighted by molar-refractivity contribution is 6.74. The summed E-state index contributed by atoms with van der Waals surface area (Å²) in [5.41, 5.74) is 6.54. The number of rotatable bonds is 6. The van der Waals surface area contributed by atoms with Crippen molar-refractivity contribution < 1.29 is 9.16 Å². The lowest BCUT2D eigenvalue weighted by Crippen LogP contribution is -2.41. The molecule has 0 aromatic carbocycles. The van der Waals surface area contributed by atoms with E-state index in [0.717, 1.165) is 11.3 Å². The highest BCUT2D eigenvalue weighted by atomic mass is 28.4. The second kappa shape index (κ2) is 6.50. The van der Waals surface area contributed by atoms with E-state index < -0.39 is 8.32 Å². The first-order chi connectivity index (χ1) is 8.76. The van der Waals surface area contributed by atoms with Gasteiger partial charge in [0.25, 0.3) is 0 Å². The molecule has 0 saturated heterocycles. The number of nitrogens with zero attached hydrogens (tertiary/aromatic N) is 1. The van der Waals surface area contributed by atoms with Gasteiger partial charge >= 0.3 is 0 Å². The summed E-state index contributed by atoms with van der Waals surface area (Å²) in [4.78, 5) is 4.09. The first kappa shape index (κ1) is 16.1. The minimum atomic E-state index is -1.68. The van der Waals surface area contributed by atoms with Gasteiger partial charge in [0.15, 0.2) is 8.32 Å². The largest absolute Gasteiger partial charge is 0.490 e. The molecule has 1 rings (SSSR count). The molecule has 0 unspecified atom stereocenters. The topological polar surface area (TPSA) is 57.4 Å². The minimum Gasteiger partial charge on any atom is -0.490 e. The van der Waals surface area contributed by atoms with Gasteiger partial charge in [-0.2, -0.15) is 0 Å². The van der Waals surface area contributed by atoms with Gasteiger partial charge in [-0.15, -0.1) is 0 Å². The van der Waals surface area contributed by atoms with Gasteiger partial charge < -0.3 is 14.9 Å². The molecule has 19 heavy (non-hydrogen) atoms. The molecule has 1 aromatic rings. The standard InChI is InChI=1S/C14H26N2O2Si/c1-14(2,3)19(4,5)18-7-6-17-13-8-12(9-15)10-16-11-13/h8,10-11H,6-7,9,15H2,1-5H3. The van der Waals surface area contributed by atoms with Crippen LogP contribution in [0.1, 0.15) is 26.3 Å². The summed E-state index contributed by atoms with van der Waals surface area (Å²) >= 11 is 0. The van der Waals surface area contributed by atoms with E-state index in [1.165, 1.54) is 0 Å². The predicted octanol–water partition coefficient (Wildman–Crippen LogP) is 2.94. The van der Waals surface area contributed by atoms with Crippen LogP contribution in [-0.2, 0) is 11.0 Å². The van der Waals surface area contributed by atoms with Crippen LogP contribution in [0, 0.1) is 0 Å². The summed E-state index contributed by atoms with van der Waals surface area (Å²) in [6, 6.07) is 1.92. The van der Waals surface area contributed by atoms with Gasteiger partial charge in [-0.1, -0.05) is 20.8 Å². The van der Waals surface area contributed by atoms with Crippen molar-refractivity contribution in [3.8, 4) is 5.75 Å². The average molecular weight is 282 g/mol. The zero-order chi connectivity index (χ0) is 14.5. The van der Waals surface area contributed by atoms with Crippen molar-refractivity contribution >= 4 is 8.32 Å². The monoisotopic (exact) mass is 282 g/mol. The van der Waals surface area contributed by atoms with Gasteiger partial charge in [0.1, 0.15) is 12.4 Å². The van der Waals surface area contributed by atoms with E-state index in [0.29, 0.717) is 19.8 Å². The molecule has 0 atom stereocenters. The van der Waals surface area contributed by atoms with Crippen molar-refractivity contribution in [3.05, 3.63) is 24.0 Å². The van der Waals surface area contributed by atoms with Gasteiger partial charge in [0.05, 0.1) is 12.8 Å². The fraction of sp³-hybridized carbons (Fsp3) is 0.643. The maximum absolute atomic E-state index is 6.04. The molecule has 0 aliphatic carbocycles. The number of hydrogen-bond donors (Lipinski definition) is 1. The maximum atomic E-state index is 6.04. The van der Waals surface area contributed by atoms with Gasteiger partial charge in [0.2, 0.25) is 0 Å². The maximum Gasteiger partial charge on any atom is 0.192 e. The number of nitrogens with two attached hydrogens (primary N) is 1. The molecule has 2 N–H and O–H groups in total. The lowest BCUT2D eigenvalue weighted by atomic mass is 10.2. The van der Waals surface area contributed by atoms with Crippen molar-refractivity contribution in [2.75, 3.05) is 13.2 Å². The smallest absolute Gasteiger partial charge is 0.192 e. The Kier molecular flexibility index (Phi) is 5.52. The van der Waals surface area contributed by atoms with Crippen LogP contribution >= 0.6 is 0 Å². The van der Waals surface area contributed by atoms with Crippen molar-refractivity contribution in [2.24, 2.45) is 5.73 Å². The molecule has 1 aromatic heterocycles. The fourth-order valence-corrected chi connectivity index (χ4v) is 2.35. The molecule has 0 aliphatic heterocycles. The summed E-state index contributed by atoms with van der Waals surface area (Å²) in [7, 11) is -1.68. The van der Waals surface area contributed by atoms with Gasteiger partial charge in [-0.3, -0.25) is 4.98 Å². The Hall–Kier alpha value is -0.913. The van der Waals surface area contributed by atoms with E-state index in [2.05, 4.69) is 38.8 Å². The van der Waals surface area contributed by atoms with Crippen LogP contribution in [0.25, 0.3) is 0 Å². The normalized spacial score (nSPS) is 12.5. The third kappa shape index (κ3) is 4.93. The van der Waals surface area contributed by atoms with Crippen molar-refractivity contribution in [2.45, 2.75) is 45.4 Å². The van der Waals surface area contributed by atoms with E-state index in [-0.39, 0.29) is 5.04 Å². The summed E-state index contributed by atoms with van der Waals surface area (Å²) in [5.74, 6) is 0.752. The molecule has 0 amide bonds. The Morgan fingerprint density at radius 2 is 1.89 bits per heavy atom. The lowest BCUT2D eigenvalue weighted by molar-refractivity contribution is 0.203. The summed E-state index contributed by atoms with van der Waals surface area (Å²) in [5, 5.41) is 0.230. The molecule has 0 radical (unpaired) electrons. The predicted molar refractivity (Wildman–Crippen MR) is 80.8 cm³/mol. The van der Waals surface area contributed by atoms with Crippen LogP contribution in [0.4, 0.5) is 0 Å². The molecule has 0 saturated carbocycles. The van der Waals surface area contributed by atoms with Crippen molar-refractivity contribution in [1.29, 1.82) is 0 Å². The minimum absolute atomic E-state index is 0.230. The van der Waals surface area contributed by atoms with Gasteiger partial charge in [-0.25, -0.2) is 0 Å². The van der Waals surface area contributed by atoms with Gasteiger partial charge in [0, 0.05) is 12.7 Å². The summed E-state index contributed by atoms with van der Waals surface area (Å²) < 4.78 is 11.7. The van der Waals surface area contributed by atoms with Crippen LogP contribution in [-0.4, -0.2) is 26.5 Å². The molecular weight excluding hydrogens is 256 g/mol. The zero-order valence-corrected chi connectivity index (χ0v) is 13.7. The van der Waals surface area contributed by atoms with E-state index in [1.807, 2.05) is 6.07 Å². The number of aromatic nitrogens is 1. The fourth-order valence-electron chi connectivity index (χ4n) is 1.33. The highest BCUT2D eigenvalue weighted by Crippen LogP contribution is 2.36. The summed E-state index contributed by atoms with van der Waals surface area (Å²) in [6.07, 6.45) is 3.45. The van der Waals surface area contributed by atoms with Crippen molar-refractivity contribution in [3.63, 3.8) is 0 Å². The van der Waals surface area contributed by atoms with E-state index in [4.69, 9.17) is 14.9 Å². The average Bonchev–Trinajstić information content (AvgIpc) is 2.33. The highest BCUT2D eigenvalue weighted by Gasteiger charge is 2.36. The number of ether oxygens (including phenoxy) is 1. The van der Waals surface area contributed by atoms with Gasteiger partial charge in [-0.05, 0) is 29.8 Å². The molecule has 108 valence electrons. The van der Waals surface area contributed by atoms with E-state index >= 15 is 0 Å². The molecule has 1 heterocycles. The first-order valence-electron chi connectivity index (χ1n) is 6.67. The van der Waals surface area contributed by atoms with Crippen LogP contribution in [0.3, 0.4) is 0 Å². The Bertz CT molecular complexity index is 403. The molecule has 0 fully saturated rings. The van der Waals surface area contributed by atoms with Crippen LogP contribution < -0.4 is 10.5 Å². The Morgan fingerprint density at radius 3 is 2.47 bits per heavy atom. The molecular formula is C14H26N2O2Si. The molecule has 4 nitrogen and oxygen atoms in total. The van der Waals surface area contributed by atoms with Crippen LogP contribution in [0.15, 0.2) is 18.5 Å². The third-order valence-electron chi connectivity index (χ3n) is 3.63. The summed E-state index contributed by atoms with van der Waals surface area (Å²) in [6.45, 7) is 12.8. The molecule has 0 aliphatic rings. The Labute approximate surface area is 117 Å². The molecule has 0 spiro atoms. The van der Waals surface area contributed by atoms with Crippen LogP contribution in [0.2, 0.25) is 18.1 Å². The van der Waals surface area contributed by atoms with E-state index in [1.54, 1.807) is 12.4 Å². The van der Waals surface area contributed by atoms with Crippen LogP contribution in [0.5, 0.6) is 5.75 Å². The quantitative estimate of drug-likeness (QED) is 0.644. The number of pyridine rings is 1.